The molecule has 1 aromatic rings. The third-order valence-electron chi connectivity index (χ3n) is 1.45. The molecule has 0 saturated heterocycles. The lowest BCUT2D eigenvalue weighted by Gasteiger charge is -2.09. The molecule has 0 atom stereocenters. The molecule has 70 valence electrons. The first-order chi connectivity index (χ1) is 6.02. The molecule has 0 bridgehead atoms. The van der Waals surface area contributed by atoms with Crippen LogP contribution in [-0.4, -0.2) is 35.0 Å². The highest BCUT2D eigenvalue weighted by Gasteiger charge is 2.11. The van der Waals surface area contributed by atoms with Gasteiger partial charge in [0.05, 0.1) is 0 Å². The third-order valence-corrected chi connectivity index (χ3v) is 1.73. The number of amides is 1. The zero-order chi connectivity index (χ0) is 10.0. The Morgan fingerprint density at radius 3 is 2.62 bits per heavy atom. The van der Waals surface area contributed by atoms with Crippen molar-refractivity contribution in [2.45, 2.75) is 0 Å². The fourth-order valence-electron chi connectivity index (χ4n) is 0.775. The fourth-order valence-corrected chi connectivity index (χ4v) is 0.929. The van der Waals surface area contributed by atoms with Gasteiger partial charge >= 0.3 is 0 Å². The van der Waals surface area contributed by atoms with Crippen LogP contribution in [0.4, 0.5) is 0 Å². The summed E-state index contributed by atoms with van der Waals surface area (Å²) < 4.78 is 0. The number of aromatic nitrogens is 1. The Bertz CT molecular complexity index is 339. The molecule has 0 aliphatic rings. The molecule has 0 unspecified atom stereocenters. The lowest BCUT2D eigenvalue weighted by atomic mass is 10.3. The maximum Gasteiger partial charge on any atom is 0.271 e. The molecule has 1 amide bonds. The molecule has 1 aromatic heterocycles. The molecular formula is C8H9ClN2O2. The maximum absolute atomic E-state index is 11.3. The van der Waals surface area contributed by atoms with E-state index in [-0.39, 0.29) is 22.5 Å². The highest BCUT2D eigenvalue weighted by Crippen LogP contribution is 2.20. The van der Waals surface area contributed by atoms with Crippen molar-refractivity contribution in [3.8, 4) is 5.75 Å². The minimum Gasteiger partial charge on any atom is -0.505 e. The molecular weight excluding hydrogens is 192 g/mol. The zero-order valence-electron chi connectivity index (χ0n) is 7.28. The van der Waals surface area contributed by atoms with E-state index in [4.69, 9.17) is 16.7 Å². The lowest BCUT2D eigenvalue weighted by molar-refractivity contribution is 0.0822. The Morgan fingerprint density at radius 1 is 1.54 bits per heavy atom. The van der Waals surface area contributed by atoms with E-state index in [0.29, 0.717) is 0 Å². The van der Waals surface area contributed by atoms with E-state index in [2.05, 4.69) is 4.98 Å². The van der Waals surface area contributed by atoms with Crippen LogP contribution in [-0.2, 0) is 0 Å². The zero-order valence-corrected chi connectivity index (χ0v) is 8.04. The Hall–Kier alpha value is -1.29. The van der Waals surface area contributed by atoms with Crippen molar-refractivity contribution >= 4 is 17.5 Å². The molecule has 5 heteroatoms. The van der Waals surface area contributed by atoms with Gasteiger partial charge in [-0.15, -0.1) is 0 Å². The van der Waals surface area contributed by atoms with Gasteiger partial charge in [-0.2, -0.15) is 0 Å². The van der Waals surface area contributed by atoms with E-state index in [1.807, 2.05) is 0 Å². The van der Waals surface area contributed by atoms with Gasteiger partial charge in [-0.3, -0.25) is 4.79 Å². The number of nitrogens with zero attached hydrogens (tertiary/aromatic N) is 2. The van der Waals surface area contributed by atoms with Crippen molar-refractivity contribution in [2.75, 3.05) is 14.1 Å². The minimum atomic E-state index is -0.248. The van der Waals surface area contributed by atoms with Crippen LogP contribution in [0.25, 0.3) is 0 Å². The first-order valence-electron chi connectivity index (χ1n) is 3.59. The number of rotatable bonds is 1. The summed E-state index contributed by atoms with van der Waals surface area (Å²) in [5.41, 5.74) is 0.216. The quantitative estimate of drug-likeness (QED) is 0.692. The molecule has 0 radical (unpaired) electrons. The molecule has 1 rings (SSSR count). The second kappa shape index (κ2) is 3.62. The van der Waals surface area contributed by atoms with Gasteiger partial charge in [0, 0.05) is 14.1 Å². The predicted molar refractivity (Wildman–Crippen MR) is 48.9 cm³/mol. The topological polar surface area (TPSA) is 53.4 Å². The van der Waals surface area contributed by atoms with E-state index in [1.54, 1.807) is 14.1 Å². The Balaban J connectivity index is 3.04. The normalized spacial score (nSPS) is 9.77. The van der Waals surface area contributed by atoms with Crippen molar-refractivity contribution < 1.29 is 9.90 Å². The standard InChI is InChI=1S/C8H9ClN2O2/c1-11(2)8(13)5-3-4-6(12)7(9)10-5/h3-4,12H,1-2H3. The molecule has 0 fully saturated rings. The summed E-state index contributed by atoms with van der Waals surface area (Å²) in [6.07, 6.45) is 0. The molecule has 0 saturated carbocycles. The van der Waals surface area contributed by atoms with Crippen LogP contribution in [0.15, 0.2) is 12.1 Å². The van der Waals surface area contributed by atoms with Crippen LogP contribution in [0.1, 0.15) is 10.5 Å². The van der Waals surface area contributed by atoms with Gasteiger partial charge in [0.2, 0.25) is 0 Å². The Labute approximate surface area is 80.8 Å². The first-order valence-corrected chi connectivity index (χ1v) is 3.97. The maximum atomic E-state index is 11.3. The number of carbonyl (C=O) groups is 1. The molecule has 0 aromatic carbocycles. The van der Waals surface area contributed by atoms with Crippen molar-refractivity contribution in [1.82, 2.24) is 9.88 Å². The molecule has 0 aliphatic carbocycles. The average Bonchev–Trinajstić information content (AvgIpc) is 2.08. The first kappa shape index (κ1) is 9.80. The molecule has 4 nitrogen and oxygen atoms in total. The third kappa shape index (κ3) is 2.09. The molecule has 1 heterocycles. The lowest BCUT2D eigenvalue weighted by Crippen LogP contribution is -2.22. The highest BCUT2D eigenvalue weighted by molar-refractivity contribution is 6.30. The summed E-state index contributed by atoms with van der Waals surface area (Å²) in [5.74, 6) is -0.376. The number of pyridine rings is 1. The van der Waals surface area contributed by atoms with E-state index in [1.165, 1.54) is 17.0 Å². The summed E-state index contributed by atoms with van der Waals surface area (Å²) in [5, 5.41) is 8.98. The summed E-state index contributed by atoms with van der Waals surface area (Å²) in [4.78, 5) is 16.4. The number of hydrogen-bond donors (Lipinski definition) is 1. The van der Waals surface area contributed by atoms with E-state index < -0.39 is 0 Å². The van der Waals surface area contributed by atoms with Gasteiger partial charge in [0.25, 0.3) is 5.91 Å². The van der Waals surface area contributed by atoms with Crippen molar-refractivity contribution in [3.05, 3.63) is 23.0 Å². The highest BCUT2D eigenvalue weighted by atomic mass is 35.5. The molecule has 13 heavy (non-hydrogen) atoms. The van der Waals surface area contributed by atoms with Gasteiger partial charge in [-0.1, -0.05) is 11.6 Å². The number of aromatic hydroxyl groups is 1. The van der Waals surface area contributed by atoms with Gasteiger partial charge < -0.3 is 10.0 Å². The number of carbonyl (C=O) groups excluding carboxylic acids is 1. The minimum absolute atomic E-state index is 0.0623. The Kier molecular flexibility index (Phi) is 2.72. The number of hydrogen-bond acceptors (Lipinski definition) is 3. The number of halogens is 1. The SMILES string of the molecule is CN(C)C(=O)c1ccc(O)c(Cl)n1. The van der Waals surface area contributed by atoms with Crippen LogP contribution in [0, 0.1) is 0 Å². The average molecular weight is 201 g/mol. The summed E-state index contributed by atoms with van der Waals surface area (Å²) in [6, 6.07) is 2.76. The van der Waals surface area contributed by atoms with Crippen LogP contribution < -0.4 is 0 Å². The van der Waals surface area contributed by atoms with Crippen molar-refractivity contribution in [1.29, 1.82) is 0 Å². The van der Waals surface area contributed by atoms with Gasteiger partial charge in [0.1, 0.15) is 5.69 Å². The molecule has 0 spiro atoms. The van der Waals surface area contributed by atoms with E-state index in [9.17, 15) is 4.79 Å². The summed E-state index contributed by atoms with van der Waals surface area (Å²) in [6.45, 7) is 0. The van der Waals surface area contributed by atoms with Crippen molar-refractivity contribution in [2.24, 2.45) is 0 Å². The summed E-state index contributed by atoms with van der Waals surface area (Å²) in [7, 11) is 3.23. The van der Waals surface area contributed by atoms with Crippen LogP contribution in [0.2, 0.25) is 5.15 Å². The van der Waals surface area contributed by atoms with Gasteiger partial charge in [-0.05, 0) is 12.1 Å². The molecule has 0 aliphatic heterocycles. The smallest absolute Gasteiger partial charge is 0.271 e. The van der Waals surface area contributed by atoms with E-state index in [0.717, 1.165) is 0 Å². The van der Waals surface area contributed by atoms with Crippen molar-refractivity contribution in [3.63, 3.8) is 0 Å². The monoisotopic (exact) mass is 200 g/mol. The van der Waals surface area contributed by atoms with E-state index >= 15 is 0 Å². The van der Waals surface area contributed by atoms with Crippen LogP contribution >= 0.6 is 11.6 Å². The predicted octanol–water partition coefficient (Wildman–Crippen LogP) is 1.14. The van der Waals surface area contributed by atoms with Gasteiger partial charge in [0.15, 0.2) is 10.9 Å². The largest absolute Gasteiger partial charge is 0.505 e. The van der Waals surface area contributed by atoms with Gasteiger partial charge in [-0.25, -0.2) is 4.98 Å². The van der Waals surface area contributed by atoms with Crippen LogP contribution in [0.5, 0.6) is 5.75 Å². The fraction of sp³-hybridized carbons (Fsp3) is 0.250. The summed E-state index contributed by atoms with van der Waals surface area (Å²) >= 11 is 5.53. The molecule has 1 N–H and O–H groups in total. The second-order valence-electron chi connectivity index (χ2n) is 2.71. The Morgan fingerprint density at radius 2 is 2.15 bits per heavy atom. The van der Waals surface area contributed by atoms with Crippen LogP contribution in [0.3, 0.4) is 0 Å². The second-order valence-corrected chi connectivity index (χ2v) is 3.06.